The molecule has 3 aromatic carbocycles. The van der Waals surface area contributed by atoms with E-state index in [2.05, 4.69) is 64.6 Å². The third kappa shape index (κ3) is 4.12. The summed E-state index contributed by atoms with van der Waals surface area (Å²) >= 11 is 0. The summed E-state index contributed by atoms with van der Waals surface area (Å²) < 4.78 is 0. The van der Waals surface area contributed by atoms with Crippen LogP contribution in [0.2, 0.25) is 0 Å². The molecule has 0 saturated carbocycles. The number of hydrogen-bond donors (Lipinski definition) is 0. The smallest absolute Gasteiger partial charge is 0.182 e. The SMILES string of the molecule is c1ccc2c(c1)ccc1c(-c3ccc(-c4nc(-c5ccncc5)nc(-c5ccncc5)n4)nc3)nc3ccccc3c12. The van der Waals surface area contributed by atoms with Crippen molar-refractivity contribution in [3.63, 3.8) is 0 Å². The number of benzene rings is 3. The highest BCUT2D eigenvalue weighted by molar-refractivity contribution is 6.22. The van der Waals surface area contributed by atoms with Crippen LogP contribution in [0.15, 0.2) is 128 Å². The third-order valence-corrected chi connectivity index (χ3v) is 7.37. The van der Waals surface area contributed by atoms with E-state index >= 15 is 0 Å². The Bertz CT molecular complexity index is 2160. The van der Waals surface area contributed by atoms with E-state index in [1.165, 1.54) is 16.2 Å². The van der Waals surface area contributed by atoms with Crippen LogP contribution in [0.3, 0.4) is 0 Å². The first-order valence-electron chi connectivity index (χ1n) is 13.6. The fourth-order valence-electron chi connectivity index (χ4n) is 5.36. The molecular formula is C35H21N7. The summed E-state index contributed by atoms with van der Waals surface area (Å²) in [7, 11) is 0. The summed E-state index contributed by atoms with van der Waals surface area (Å²) in [6.45, 7) is 0. The Morgan fingerprint density at radius 3 is 1.76 bits per heavy atom. The highest BCUT2D eigenvalue weighted by Gasteiger charge is 2.16. The lowest BCUT2D eigenvalue weighted by atomic mass is 9.95. The number of pyridine rings is 4. The first-order chi connectivity index (χ1) is 20.8. The summed E-state index contributed by atoms with van der Waals surface area (Å²) in [4.78, 5) is 32.5. The van der Waals surface area contributed by atoms with Crippen molar-refractivity contribution in [3.05, 3.63) is 128 Å². The molecule has 7 nitrogen and oxygen atoms in total. The molecule has 0 aliphatic heterocycles. The Morgan fingerprint density at radius 2 is 1.07 bits per heavy atom. The van der Waals surface area contributed by atoms with E-state index in [0.717, 1.165) is 38.7 Å². The van der Waals surface area contributed by atoms with Crippen LogP contribution in [-0.2, 0) is 0 Å². The molecule has 0 atom stereocenters. The zero-order valence-corrected chi connectivity index (χ0v) is 22.3. The predicted octanol–water partition coefficient (Wildman–Crippen LogP) is 7.58. The molecule has 0 bridgehead atoms. The van der Waals surface area contributed by atoms with Gasteiger partial charge in [-0.05, 0) is 53.2 Å². The van der Waals surface area contributed by atoms with E-state index in [1.807, 2.05) is 48.7 Å². The first kappa shape index (κ1) is 23.9. The zero-order valence-electron chi connectivity index (χ0n) is 22.3. The Kier molecular flexibility index (Phi) is 5.64. The summed E-state index contributed by atoms with van der Waals surface area (Å²) in [5, 5.41) is 5.82. The second-order valence-electron chi connectivity index (χ2n) is 9.90. The molecule has 0 saturated heterocycles. The molecule has 7 heteroatoms. The molecule has 0 aliphatic carbocycles. The quantitative estimate of drug-likeness (QED) is 0.213. The molecule has 0 N–H and O–H groups in total. The minimum atomic E-state index is 0.484. The first-order valence-corrected chi connectivity index (χ1v) is 13.6. The average molecular weight is 540 g/mol. The number of nitrogens with zero attached hydrogens (tertiary/aromatic N) is 7. The normalized spacial score (nSPS) is 11.3. The van der Waals surface area contributed by atoms with Gasteiger partial charge in [0.15, 0.2) is 17.5 Å². The van der Waals surface area contributed by atoms with Gasteiger partial charge in [-0.1, -0.05) is 54.6 Å². The lowest BCUT2D eigenvalue weighted by molar-refractivity contribution is 1.06. The monoisotopic (exact) mass is 539 g/mol. The minimum Gasteiger partial charge on any atom is -0.265 e. The van der Waals surface area contributed by atoms with Crippen molar-refractivity contribution >= 4 is 32.4 Å². The molecule has 0 fully saturated rings. The molecule has 5 heterocycles. The second kappa shape index (κ2) is 9.91. The molecule has 196 valence electrons. The maximum absolute atomic E-state index is 5.10. The summed E-state index contributed by atoms with van der Waals surface area (Å²) in [5.74, 6) is 1.58. The third-order valence-electron chi connectivity index (χ3n) is 7.37. The van der Waals surface area contributed by atoms with Gasteiger partial charge in [0.2, 0.25) is 0 Å². The largest absolute Gasteiger partial charge is 0.265 e. The highest BCUT2D eigenvalue weighted by atomic mass is 15.0. The van der Waals surface area contributed by atoms with E-state index in [1.54, 1.807) is 24.8 Å². The van der Waals surface area contributed by atoms with Gasteiger partial charge in [0.25, 0.3) is 0 Å². The average Bonchev–Trinajstić information content (AvgIpc) is 3.08. The maximum Gasteiger partial charge on any atom is 0.182 e. The van der Waals surface area contributed by atoms with Gasteiger partial charge in [-0.3, -0.25) is 15.0 Å². The van der Waals surface area contributed by atoms with Crippen molar-refractivity contribution in [2.24, 2.45) is 0 Å². The second-order valence-corrected chi connectivity index (χ2v) is 9.90. The maximum atomic E-state index is 5.10. The van der Waals surface area contributed by atoms with Gasteiger partial charge in [0, 0.05) is 63.8 Å². The highest BCUT2D eigenvalue weighted by Crippen LogP contribution is 2.37. The number of para-hydroxylation sites is 1. The molecule has 42 heavy (non-hydrogen) atoms. The molecule has 0 aliphatic rings. The van der Waals surface area contributed by atoms with Gasteiger partial charge in [-0.2, -0.15) is 0 Å². The minimum absolute atomic E-state index is 0.484. The van der Waals surface area contributed by atoms with Crippen LogP contribution in [0, 0.1) is 0 Å². The topological polar surface area (TPSA) is 90.2 Å². The van der Waals surface area contributed by atoms with Crippen molar-refractivity contribution in [1.29, 1.82) is 0 Å². The molecule has 0 unspecified atom stereocenters. The standard InChI is InChI=1S/C35H21N7/c1-2-6-26-22(5-1)9-11-28-31(26)27-7-3-4-8-29(27)39-32(28)25-10-12-30(38-21-25)35-41-33(23-13-17-36-18-14-23)40-34(42-35)24-15-19-37-20-16-24/h1-21H. The van der Waals surface area contributed by atoms with Crippen LogP contribution < -0.4 is 0 Å². The van der Waals surface area contributed by atoms with Gasteiger partial charge in [0.05, 0.1) is 11.2 Å². The van der Waals surface area contributed by atoms with Crippen LogP contribution in [-0.4, -0.2) is 34.9 Å². The van der Waals surface area contributed by atoms with Gasteiger partial charge < -0.3 is 0 Å². The molecule has 0 radical (unpaired) electrons. The van der Waals surface area contributed by atoms with E-state index in [-0.39, 0.29) is 0 Å². The molecule has 0 spiro atoms. The van der Waals surface area contributed by atoms with Gasteiger partial charge in [-0.15, -0.1) is 0 Å². The van der Waals surface area contributed by atoms with Crippen LogP contribution in [0.25, 0.3) is 78.0 Å². The predicted molar refractivity (Wildman–Crippen MR) is 165 cm³/mol. The number of hydrogen-bond acceptors (Lipinski definition) is 7. The fraction of sp³-hybridized carbons (Fsp3) is 0. The summed E-state index contributed by atoms with van der Waals surface area (Å²) in [5.41, 5.74) is 5.09. The van der Waals surface area contributed by atoms with Crippen LogP contribution in [0.1, 0.15) is 0 Å². The molecule has 0 amide bonds. The Balaban J connectivity index is 1.28. The molecule has 8 rings (SSSR count). The Morgan fingerprint density at radius 1 is 0.429 bits per heavy atom. The van der Waals surface area contributed by atoms with E-state index in [9.17, 15) is 0 Å². The summed E-state index contributed by atoms with van der Waals surface area (Å²) in [6, 6.07) is 32.6. The van der Waals surface area contributed by atoms with E-state index in [0.29, 0.717) is 23.2 Å². The summed E-state index contributed by atoms with van der Waals surface area (Å²) in [6.07, 6.45) is 8.75. The van der Waals surface area contributed by atoms with Gasteiger partial charge >= 0.3 is 0 Å². The van der Waals surface area contributed by atoms with E-state index < -0.39 is 0 Å². The van der Waals surface area contributed by atoms with Gasteiger partial charge in [-0.25, -0.2) is 19.9 Å². The molecular weight excluding hydrogens is 518 g/mol. The Hall–Kier alpha value is -5.95. The molecule has 5 aromatic heterocycles. The van der Waals surface area contributed by atoms with Crippen LogP contribution in [0.4, 0.5) is 0 Å². The van der Waals surface area contributed by atoms with Crippen molar-refractivity contribution in [2.45, 2.75) is 0 Å². The van der Waals surface area contributed by atoms with Crippen molar-refractivity contribution in [1.82, 2.24) is 34.9 Å². The fourth-order valence-corrected chi connectivity index (χ4v) is 5.36. The Labute approximate surface area is 240 Å². The van der Waals surface area contributed by atoms with Gasteiger partial charge in [0.1, 0.15) is 5.69 Å². The number of fused-ring (bicyclic) bond motifs is 5. The van der Waals surface area contributed by atoms with Crippen molar-refractivity contribution in [2.75, 3.05) is 0 Å². The molecule has 8 aromatic rings. The lowest BCUT2D eigenvalue weighted by Gasteiger charge is -2.13. The number of rotatable bonds is 4. The van der Waals surface area contributed by atoms with E-state index in [4.69, 9.17) is 24.9 Å². The van der Waals surface area contributed by atoms with Crippen LogP contribution in [0.5, 0.6) is 0 Å². The van der Waals surface area contributed by atoms with Crippen LogP contribution >= 0.6 is 0 Å². The number of aromatic nitrogens is 7. The van der Waals surface area contributed by atoms with Crippen molar-refractivity contribution < 1.29 is 0 Å². The lowest BCUT2D eigenvalue weighted by Crippen LogP contribution is -2.01. The zero-order chi connectivity index (χ0) is 27.9. The van der Waals surface area contributed by atoms with Crippen molar-refractivity contribution in [3.8, 4) is 45.6 Å².